The van der Waals surface area contributed by atoms with E-state index >= 15 is 0 Å². The fraction of sp³-hybridized carbons (Fsp3) is 0.688. The van der Waals surface area contributed by atoms with Gasteiger partial charge in [0.2, 0.25) is 5.91 Å². The zero-order valence-electron chi connectivity index (χ0n) is 13.9. The molecule has 2 aliphatic rings. The molecule has 0 N–H and O–H groups in total. The van der Waals surface area contributed by atoms with Gasteiger partial charge in [0.15, 0.2) is 0 Å². The van der Waals surface area contributed by atoms with Gasteiger partial charge in [0.1, 0.15) is 5.82 Å². The van der Waals surface area contributed by atoms with Gasteiger partial charge in [-0.25, -0.2) is 4.98 Å². The number of hydrogen-bond donors (Lipinski definition) is 0. The van der Waals surface area contributed by atoms with Crippen LogP contribution >= 0.6 is 0 Å². The Labute approximate surface area is 137 Å². The third-order valence-electron chi connectivity index (χ3n) is 4.83. The Balaban J connectivity index is 1.70. The van der Waals surface area contributed by atoms with Crippen molar-refractivity contribution in [2.75, 3.05) is 64.9 Å². The van der Waals surface area contributed by atoms with Gasteiger partial charge in [0.25, 0.3) is 0 Å². The molecule has 0 aliphatic carbocycles. The van der Waals surface area contributed by atoms with Crippen LogP contribution in [0, 0.1) is 11.8 Å². The molecule has 2 saturated heterocycles. The second kappa shape index (κ2) is 7.23. The first-order chi connectivity index (χ1) is 11.2. The summed E-state index contributed by atoms with van der Waals surface area (Å²) in [4.78, 5) is 27.9. The van der Waals surface area contributed by atoms with Gasteiger partial charge in [-0.2, -0.15) is 0 Å². The SMILES string of the molecule is COC[C@@H]1CN(c2cnccn2)C[C@H]1C(=O)N1CCN(C)CC1. The van der Waals surface area contributed by atoms with Gasteiger partial charge >= 0.3 is 0 Å². The molecule has 3 rings (SSSR count). The van der Waals surface area contributed by atoms with E-state index in [1.807, 2.05) is 4.90 Å². The number of hydrogen-bond acceptors (Lipinski definition) is 6. The van der Waals surface area contributed by atoms with Crippen molar-refractivity contribution in [3.8, 4) is 0 Å². The molecule has 126 valence electrons. The summed E-state index contributed by atoms with van der Waals surface area (Å²) in [5, 5.41) is 0. The zero-order valence-corrected chi connectivity index (χ0v) is 13.9. The summed E-state index contributed by atoms with van der Waals surface area (Å²) >= 11 is 0. The van der Waals surface area contributed by atoms with Gasteiger partial charge in [0.05, 0.1) is 18.7 Å². The molecule has 0 unspecified atom stereocenters. The van der Waals surface area contributed by atoms with Crippen molar-refractivity contribution in [3.05, 3.63) is 18.6 Å². The molecule has 0 saturated carbocycles. The molecule has 2 atom stereocenters. The lowest BCUT2D eigenvalue weighted by atomic mass is 9.95. The number of ether oxygens (including phenoxy) is 1. The number of nitrogens with zero attached hydrogens (tertiary/aromatic N) is 5. The standard InChI is InChI=1S/C16H25N5O2/c1-19-5-7-20(8-6-19)16(22)14-11-21(10-13(14)12-23-2)15-9-17-3-4-18-15/h3-4,9,13-14H,5-8,10-12H2,1-2H3/t13-,14+/m0/s1. The molecule has 7 heteroatoms. The molecular formula is C16H25N5O2. The number of likely N-dealkylation sites (N-methyl/N-ethyl adjacent to an activating group) is 1. The molecule has 0 spiro atoms. The molecule has 23 heavy (non-hydrogen) atoms. The zero-order chi connectivity index (χ0) is 16.2. The van der Waals surface area contributed by atoms with Crippen molar-refractivity contribution in [1.82, 2.24) is 19.8 Å². The fourth-order valence-corrected chi connectivity index (χ4v) is 3.44. The van der Waals surface area contributed by atoms with Crippen molar-refractivity contribution in [2.24, 2.45) is 11.8 Å². The largest absolute Gasteiger partial charge is 0.384 e. The summed E-state index contributed by atoms with van der Waals surface area (Å²) in [6, 6.07) is 0. The van der Waals surface area contributed by atoms with E-state index in [0.29, 0.717) is 13.2 Å². The van der Waals surface area contributed by atoms with Crippen LogP contribution in [0.25, 0.3) is 0 Å². The smallest absolute Gasteiger partial charge is 0.227 e. The van der Waals surface area contributed by atoms with E-state index in [9.17, 15) is 4.79 Å². The Kier molecular flexibility index (Phi) is 5.07. The predicted octanol–water partition coefficient (Wildman–Crippen LogP) is -0.0506. The van der Waals surface area contributed by atoms with Crippen molar-refractivity contribution in [1.29, 1.82) is 0 Å². The number of anilines is 1. The van der Waals surface area contributed by atoms with Crippen LogP contribution < -0.4 is 4.90 Å². The maximum Gasteiger partial charge on any atom is 0.227 e. The van der Waals surface area contributed by atoms with Crippen molar-refractivity contribution in [3.63, 3.8) is 0 Å². The topological polar surface area (TPSA) is 61.8 Å². The highest BCUT2D eigenvalue weighted by Crippen LogP contribution is 2.29. The number of rotatable bonds is 4. The predicted molar refractivity (Wildman–Crippen MR) is 87.2 cm³/mol. The molecule has 1 aromatic rings. The van der Waals surface area contributed by atoms with E-state index in [1.165, 1.54) is 0 Å². The third kappa shape index (κ3) is 3.61. The minimum Gasteiger partial charge on any atom is -0.384 e. The van der Waals surface area contributed by atoms with E-state index < -0.39 is 0 Å². The number of amides is 1. The molecule has 1 amide bonds. The van der Waals surface area contributed by atoms with Crippen LogP contribution in [0.3, 0.4) is 0 Å². The summed E-state index contributed by atoms with van der Waals surface area (Å²) in [7, 11) is 3.79. The Morgan fingerprint density at radius 2 is 2.04 bits per heavy atom. The summed E-state index contributed by atoms with van der Waals surface area (Å²) in [5.74, 6) is 1.27. The van der Waals surface area contributed by atoms with Crippen LogP contribution in [0.1, 0.15) is 0 Å². The molecule has 3 heterocycles. The fourth-order valence-electron chi connectivity index (χ4n) is 3.44. The van der Waals surface area contributed by atoms with Gasteiger partial charge in [-0.15, -0.1) is 0 Å². The summed E-state index contributed by atoms with van der Waals surface area (Å²) in [6.45, 7) is 5.60. The maximum absolute atomic E-state index is 13.0. The number of carbonyl (C=O) groups excluding carboxylic acids is 1. The minimum atomic E-state index is -0.0274. The van der Waals surface area contributed by atoms with Crippen LogP contribution in [0.15, 0.2) is 18.6 Å². The van der Waals surface area contributed by atoms with Gasteiger partial charge in [0, 0.05) is 64.7 Å². The average Bonchev–Trinajstić information content (AvgIpc) is 3.00. The van der Waals surface area contributed by atoms with Gasteiger partial charge < -0.3 is 19.4 Å². The first-order valence-corrected chi connectivity index (χ1v) is 8.16. The van der Waals surface area contributed by atoms with E-state index in [2.05, 4.69) is 26.8 Å². The van der Waals surface area contributed by atoms with Crippen LogP contribution in [-0.4, -0.2) is 85.7 Å². The van der Waals surface area contributed by atoms with Crippen LogP contribution in [0.5, 0.6) is 0 Å². The van der Waals surface area contributed by atoms with E-state index in [4.69, 9.17) is 4.74 Å². The first kappa shape index (κ1) is 16.1. The van der Waals surface area contributed by atoms with Gasteiger partial charge in [-0.3, -0.25) is 9.78 Å². The highest BCUT2D eigenvalue weighted by Gasteiger charge is 2.40. The van der Waals surface area contributed by atoms with Gasteiger partial charge in [-0.05, 0) is 7.05 Å². The van der Waals surface area contributed by atoms with E-state index in [-0.39, 0.29) is 17.7 Å². The lowest BCUT2D eigenvalue weighted by Gasteiger charge is -2.34. The summed E-state index contributed by atoms with van der Waals surface area (Å²) in [5.41, 5.74) is 0. The molecule has 1 aromatic heterocycles. The Hall–Kier alpha value is -1.73. The first-order valence-electron chi connectivity index (χ1n) is 8.16. The quantitative estimate of drug-likeness (QED) is 0.775. The van der Waals surface area contributed by atoms with E-state index in [1.54, 1.807) is 25.7 Å². The van der Waals surface area contributed by atoms with Gasteiger partial charge in [-0.1, -0.05) is 0 Å². The van der Waals surface area contributed by atoms with Crippen LogP contribution in [0.4, 0.5) is 5.82 Å². The number of carbonyl (C=O) groups is 1. The Morgan fingerprint density at radius 3 is 2.70 bits per heavy atom. The number of methoxy groups -OCH3 is 1. The van der Waals surface area contributed by atoms with Crippen molar-refractivity contribution >= 4 is 11.7 Å². The third-order valence-corrected chi connectivity index (χ3v) is 4.83. The highest BCUT2D eigenvalue weighted by molar-refractivity contribution is 5.80. The second-order valence-electron chi connectivity index (χ2n) is 6.42. The van der Waals surface area contributed by atoms with Crippen LogP contribution in [-0.2, 0) is 9.53 Å². The highest BCUT2D eigenvalue weighted by atomic mass is 16.5. The molecule has 0 bridgehead atoms. The monoisotopic (exact) mass is 319 g/mol. The molecule has 7 nitrogen and oxygen atoms in total. The van der Waals surface area contributed by atoms with Crippen molar-refractivity contribution < 1.29 is 9.53 Å². The number of aromatic nitrogens is 2. The number of piperazine rings is 1. The van der Waals surface area contributed by atoms with E-state index in [0.717, 1.165) is 38.5 Å². The lowest BCUT2D eigenvalue weighted by molar-refractivity contribution is -0.138. The molecule has 2 aliphatic heterocycles. The summed E-state index contributed by atoms with van der Waals surface area (Å²) in [6.07, 6.45) is 5.11. The molecule has 0 aromatic carbocycles. The van der Waals surface area contributed by atoms with Crippen molar-refractivity contribution in [2.45, 2.75) is 0 Å². The molecular weight excluding hydrogens is 294 g/mol. The average molecular weight is 319 g/mol. The Bertz CT molecular complexity index is 518. The second-order valence-corrected chi connectivity index (χ2v) is 6.42. The summed E-state index contributed by atoms with van der Waals surface area (Å²) < 4.78 is 5.35. The molecule has 2 fully saturated rings. The normalized spacial score (nSPS) is 25.8. The lowest BCUT2D eigenvalue weighted by Crippen LogP contribution is -2.50. The minimum absolute atomic E-state index is 0.0274. The maximum atomic E-state index is 13.0. The van der Waals surface area contributed by atoms with Crippen LogP contribution in [0.2, 0.25) is 0 Å². The molecule has 0 radical (unpaired) electrons. The Morgan fingerprint density at radius 1 is 1.26 bits per heavy atom.